The van der Waals surface area contributed by atoms with Gasteiger partial charge in [0, 0.05) is 5.88 Å². The second-order valence-corrected chi connectivity index (χ2v) is 6.26. The van der Waals surface area contributed by atoms with Gasteiger partial charge in [0.15, 0.2) is 0 Å². The van der Waals surface area contributed by atoms with Gasteiger partial charge in [-0.3, -0.25) is 4.72 Å². The summed E-state index contributed by atoms with van der Waals surface area (Å²) >= 11 is 5.49. The Morgan fingerprint density at radius 2 is 1.89 bits per heavy atom. The van der Waals surface area contributed by atoms with Crippen molar-refractivity contribution in [1.29, 1.82) is 0 Å². The van der Waals surface area contributed by atoms with Crippen LogP contribution in [-0.4, -0.2) is 20.1 Å². The van der Waals surface area contributed by atoms with E-state index in [-0.39, 0.29) is 17.6 Å². The topological polar surface area (TPSA) is 46.2 Å². The van der Waals surface area contributed by atoms with Crippen molar-refractivity contribution in [3.8, 4) is 0 Å². The molecule has 1 atom stereocenters. The molecule has 0 amide bonds. The summed E-state index contributed by atoms with van der Waals surface area (Å²) < 4.78 is 63.5. The summed E-state index contributed by atoms with van der Waals surface area (Å²) in [6.07, 6.45) is -4.61. The molecule has 1 rings (SSSR count). The van der Waals surface area contributed by atoms with E-state index in [2.05, 4.69) is 0 Å². The second-order valence-electron chi connectivity index (χ2n) is 4.19. The van der Waals surface area contributed by atoms with Crippen molar-refractivity contribution in [2.24, 2.45) is 5.92 Å². The predicted molar refractivity (Wildman–Crippen MR) is 68.7 cm³/mol. The minimum Gasteiger partial charge on any atom is -0.283 e. The van der Waals surface area contributed by atoms with E-state index in [9.17, 15) is 21.6 Å². The Bertz CT molecular complexity index is 531. The van der Waals surface area contributed by atoms with Crippen LogP contribution in [0.5, 0.6) is 0 Å². The Morgan fingerprint density at radius 1 is 1.32 bits per heavy atom. The molecule has 0 fully saturated rings. The molecule has 0 bridgehead atoms. The molecule has 0 aliphatic heterocycles. The molecular weight excluding hydrogens is 303 g/mol. The fourth-order valence-corrected chi connectivity index (χ4v) is 3.15. The maximum absolute atomic E-state index is 12.7. The molecule has 0 aliphatic carbocycles. The highest BCUT2D eigenvalue weighted by atomic mass is 35.5. The van der Waals surface area contributed by atoms with E-state index in [0.717, 1.165) is 12.1 Å². The van der Waals surface area contributed by atoms with Gasteiger partial charge in [-0.25, -0.2) is 8.42 Å². The monoisotopic (exact) mass is 315 g/mol. The van der Waals surface area contributed by atoms with Crippen molar-refractivity contribution in [2.45, 2.75) is 13.1 Å². The van der Waals surface area contributed by atoms with E-state index in [4.69, 9.17) is 11.6 Å². The average Bonchev–Trinajstić information content (AvgIpc) is 2.26. The summed E-state index contributed by atoms with van der Waals surface area (Å²) in [6.45, 7) is 1.60. The normalized spacial score (nSPS) is 14.2. The van der Waals surface area contributed by atoms with E-state index in [1.54, 1.807) is 6.92 Å². The molecule has 0 saturated carbocycles. The number of hydrogen-bond donors (Lipinski definition) is 1. The Morgan fingerprint density at radius 3 is 2.42 bits per heavy atom. The first kappa shape index (κ1) is 16.1. The van der Waals surface area contributed by atoms with E-state index in [1.807, 2.05) is 4.72 Å². The quantitative estimate of drug-likeness (QED) is 0.847. The highest BCUT2D eigenvalue weighted by Gasteiger charge is 2.34. The molecular formula is C11H13ClF3NO2S. The zero-order valence-electron chi connectivity index (χ0n) is 10.0. The molecule has 0 aliphatic rings. The van der Waals surface area contributed by atoms with Gasteiger partial charge in [0.05, 0.1) is 17.0 Å². The Labute approximate surface area is 114 Å². The summed E-state index contributed by atoms with van der Waals surface area (Å²) in [5.74, 6) is -0.568. The maximum atomic E-state index is 12.7. The van der Waals surface area contributed by atoms with Gasteiger partial charge >= 0.3 is 6.18 Å². The largest absolute Gasteiger partial charge is 0.418 e. The van der Waals surface area contributed by atoms with Crippen LogP contribution in [0.3, 0.4) is 0 Å². The maximum Gasteiger partial charge on any atom is 0.418 e. The zero-order valence-corrected chi connectivity index (χ0v) is 11.6. The summed E-state index contributed by atoms with van der Waals surface area (Å²) in [5, 5.41) is 0. The number of halogens is 4. The van der Waals surface area contributed by atoms with Crippen molar-refractivity contribution < 1.29 is 21.6 Å². The van der Waals surface area contributed by atoms with Crippen molar-refractivity contribution in [1.82, 2.24) is 0 Å². The van der Waals surface area contributed by atoms with Crippen molar-refractivity contribution in [2.75, 3.05) is 16.4 Å². The zero-order chi connectivity index (χ0) is 14.7. The lowest BCUT2D eigenvalue weighted by molar-refractivity contribution is -0.136. The number of alkyl halides is 4. The Hall–Kier alpha value is -0.950. The molecule has 0 heterocycles. The third-order valence-corrected chi connectivity index (χ3v) is 4.33. The number of nitrogens with one attached hydrogen (secondary N) is 1. The molecule has 0 aromatic heterocycles. The van der Waals surface area contributed by atoms with Gasteiger partial charge in [-0.2, -0.15) is 13.2 Å². The van der Waals surface area contributed by atoms with Crippen LogP contribution >= 0.6 is 11.6 Å². The summed E-state index contributed by atoms with van der Waals surface area (Å²) in [7, 11) is -3.86. The van der Waals surface area contributed by atoms with Crippen LogP contribution in [0.25, 0.3) is 0 Å². The standard InChI is InChI=1S/C11H13ClF3NO2S/c1-8(6-12)7-19(17,18)16-10-5-3-2-4-9(10)11(13,14)15/h2-5,8,16H,6-7H2,1H3. The molecule has 1 aromatic rings. The number of rotatable bonds is 5. The number of benzene rings is 1. The number of para-hydroxylation sites is 1. The highest BCUT2D eigenvalue weighted by molar-refractivity contribution is 7.92. The molecule has 1 N–H and O–H groups in total. The van der Waals surface area contributed by atoms with Crippen molar-refractivity contribution >= 4 is 27.3 Å². The average molecular weight is 316 g/mol. The molecule has 19 heavy (non-hydrogen) atoms. The lowest BCUT2D eigenvalue weighted by atomic mass is 10.2. The number of hydrogen-bond acceptors (Lipinski definition) is 2. The van der Waals surface area contributed by atoms with Crippen LogP contribution in [0.1, 0.15) is 12.5 Å². The van der Waals surface area contributed by atoms with E-state index in [0.29, 0.717) is 0 Å². The van der Waals surface area contributed by atoms with E-state index >= 15 is 0 Å². The van der Waals surface area contributed by atoms with E-state index in [1.165, 1.54) is 12.1 Å². The third kappa shape index (κ3) is 4.91. The van der Waals surface area contributed by atoms with Crippen LogP contribution in [-0.2, 0) is 16.2 Å². The van der Waals surface area contributed by atoms with Crippen molar-refractivity contribution in [3.05, 3.63) is 29.8 Å². The SMILES string of the molecule is CC(CCl)CS(=O)(=O)Nc1ccccc1C(F)(F)F. The van der Waals surface area contributed by atoms with Gasteiger partial charge in [0.25, 0.3) is 0 Å². The molecule has 3 nitrogen and oxygen atoms in total. The summed E-state index contributed by atoms with van der Waals surface area (Å²) in [5.41, 5.74) is -1.49. The van der Waals surface area contributed by atoms with Gasteiger partial charge in [-0.1, -0.05) is 19.1 Å². The van der Waals surface area contributed by atoms with Crippen molar-refractivity contribution in [3.63, 3.8) is 0 Å². The molecule has 1 unspecified atom stereocenters. The molecule has 1 aromatic carbocycles. The molecule has 108 valence electrons. The molecule has 8 heteroatoms. The predicted octanol–water partition coefficient (Wildman–Crippen LogP) is 3.32. The van der Waals surface area contributed by atoms with Gasteiger partial charge in [-0.15, -0.1) is 11.6 Å². The van der Waals surface area contributed by atoms with E-state index < -0.39 is 27.5 Å². The first-order chi connectivity index (χ1) is 8.65. The van der Waals surface area contributed by atoms with Gasteiger partial charge in [-0.05, 0) is 18.1 Å². The fraction of sp³-hybridized carbons (Fsp3) is 0.455. The third-order valence-electron chi connectivity index (χ3n) is 2.27. The smallest absolute Gasteiger partial charge is 0.283 e. The fourth-order valence-electron chi connectivity index (χ4n) is 1.45. The lowest BCUT2D eigenvalue weighted by Gasteiger charge is -2.15. The van der Waals surface area contributed by atoms with Gasteiger partial charge in [0.2, 0.25) is 10.0 Å². The minimum atomic E-state index is -4.61. The molecule has 0 spiro atoms. The Kier molecular flexibility index (Phi) is 5.09. The highest BCUT2D eigenvalue weighted by Crippen LogP contribution is 2.35. The molecule has 0 radical (unpaired) electrons. The Balaban J connectivity index is 3.00. The van der Waals surface area contributed by atoms with Crippen LogP contribution < -0.4 is 4.72 Å². The summed E-state index contributed by atoms with van der Waals surface area (Å²) in [6, 6.07) is 4.43. The van der Waals surface area contributed by atoms with Crippen LogP contribution in [0.4, 0.5) is 18.9 Å². The van der Waals surface area contributed by atoms with Crippen LogP contribution in [0.2, 0.25) is 0 Å². The number of sulfonamides is 1. The first-order valence-corrected chi connectivity index (χ1v) is 7.57. The summed E-state index contributed by atoms with van der Waals surface area (Å²) in [4.78, 5) is 0. The van der Waals surface area contributed by atoms with Gasteiger partial charge < -0.3 is 0 Å². The van der Waals surface area contributed by atoms with Crippen LogP contribution in [0, 0.1) is 5.92 Å². The minimum absolute atomic E-state index is 0.113. The van der Waals surface area contributed by atoms with Crippen LogP contribution in [0.15, 0.2) is 24.3 Å². The second kappa shape index (κ2) is 6.00. The van der Waals surface area contributed by atoms with Gasteiger partial charge in [0.1, 0.15) is 0 Å². The molecule has 0 saturated heterocycles. The lowest BCUT2D eigenvalue weighted by Crippen LogP contribution is -2.23. The first-order valence-electron chi connectivity index (χ1n) is 5.38. The number of anilines is 1.